The molecule has 0 aromatic carbocycles. The van der Waals surface area contributed by atoms with Gasteiger partial charge in [0.25, 0.3) is 0 Å². The van der Waals surface area contributed by atoms with E-state index in [0.29, 0.717) is 6.42 Å². The molecule has 0 aromatic heterocycles. The maximum atomic E-state index is 13.4. The molecule has 544 valence electrons. The van der Waals surface area contributed by atoms with Crippen LogP contribution in [-0.4, -0.2) is 193 Å². The van der Waals surface area contributed by atoms with E-state index in [1.165, 1.54) is 244 Å². The molecule has 19 nitrogen and oxygen atoms in total. The first-order valence-electron chi connectivity index (χ1n) is 37.9. The third-order valence-corrected chi connectivity index (χ3v) is 19.3. The molecule has 0 radical (unpaired) electrons. The second-order valence-corrected chi connectivity index (χ2v) is 27.5. The number of unbranched alkanes of at least 4 members (excludes halogenated alkanes) is 44. The predicted octanol–water partition coefficient (Wildman–Crippen LogP) is 11.2. The van der Waals surface area contributed by atoms with E-state index in [9.17, 15) is 61.0 Å². The first kappa shape index (κ1) is 84.8. The van der Waals surface area contributed by atoms with Gasteiger partial charge in [0, 0.05) is 6.42 Å². The van der Waals surface area contributed by atoms with Gasteiger partial charge in [0.15, 0.2) is 18.9 Å². The van der Waals surface area contributed by atoms with Gasteiger partial charge in [-0.2, -0.15) is 0 Å². The maximum Gasteiger partial charge on any atom is 0.220 e. The Morgan fingerprint density at radius 3 is 1.02 bits per heavy atom. The van der Waals surface area contributed by atoms with Crippen LogP contribution in [0.5, 0.6) is 0 Å². The highest BCUT2D eigenvalue weighted by Gasteiger charge is 2.53. The summed E-state index contributed by atoms with van der Waals surface area (Å²) in [4.78, 5) is 13.4. The third kappa shape index (κ3) is 36.4. The molecular formula is C73H139NO18. The van der Waals surface area contributed by atoms with Crippen LogP contribution >= 0.6 is 0 Å². The molecule has 0 aromatic rings. The molecule has 92 heavy (non-hydrogen) atoms. The molecule has 0 saturated carbocycles. The molecule has 19 heteroatoms. The van der Waals surface area contributed by atoms with Gasteiger partial charge in [0.05, 0.1) is 38.6 Å². The smallest absolute Gasteiger partial charge is 0.220 e. The molecular weight excluding hydrogens is 1180 g/mol. The average molecular weight is 1320 g/mol. The zero-order chi connectivity index (χ0) is 66.8. The van der Waals surface area contributed by atoms with Gasteiger partial charge in [0.2, 0.25) is 5.91 Å². The highest BCUT2D eigenvalue weighted by Crippen LogP contribution is 2.33. The van der Waals surface area contributed by atoms with Crippen LogP contribution in [0.2, 0.25) is 0 Å². The SMILES string of the molecule is CCCCCCCCCCCCCCCCCCCCCCCCCC/C=C/C(O)C(COC1OC(CO)C(OC2OC(CO)C(OC3OC(CO)C(O)C(O)C3O)C(O)C2O)C(O)C1O)NC(=O)CCCCCCCCCCCCCCCCCCCCCCC. The van der Waals surface area contributed by atoms with Crippen molar-refractivity contribution >= 4 is 5.91 Å². The summed E-state index contributed by atoms with van der Waals surface area (Å²) in [6.07, 6.45) is 36.2. The fourth-order valence-electron chi connectivity index (χ4n) is 13.2. The largest absolute Gasteiger partial charge is 0.394 e. The molecule has 3 heterocycles. The lowest BCUT2D eigenvalue weighted by molar-refractivity contribution is -0.379. The van der Waals surface area contributed by atoms with E-state index in [2.05, 4.69) is 19.2 Å². The molecule has 3 fully saturated rings. The molecule has 3 rings (SSSR count). The van der Waals surface area contributed by atoms with Crippen molar-refractivity contribution in [2.75, 3.05) is 26.4 Å². The molecule has 0 spiro atoms. The van der Waals surface area contributed by atoms with Crippen LogP contribution in [0.25, 0.3) is 0 Å². The van der Waals surface area contributed by atoms with E-state index in [0.717, 1.165) is 44.9 Å². The van der Waals surface area contributed by atoms with Crippen molar-refractivity contribution in [1.29, 1.82) is 0 Å². The predicted molar refractivity (Wildman–Crippen MR) is 360 cm³/mol. The fraction of sp³-hybridized carbons (Fsp3) is 0.959. The van der Waals surface area contributed by atoms with Crippen molar-refractivity contribution < 1.29 is 89.4 Å². The van der Waals surface area contributed by atoms with Gasteiger partial charge >= 0.3 is 0 Å². The number of amides is 1. The van der Waals surface area contributed by atoms with E-state index in [4.69, 9.17) is 28.4 Å². The number of carbonyl (C=O) groups excluding carboxylic acids is 1. The number of ether oxygens (including phenoxy) is 6. The summed E-state index contributed by atoms with van der Waals surface area (Å²) >= 11 is 0. The normalized spacial score (nSPS) is 27.7. The summed E-state index contributed by atoms with van der Waals surface area (Å²) in [5.74, 6) is -0.268. The second kappa shape index (κ2) is 55.4. The van der Waals surface area contributed by atoms with Crippen LogP contribution in [0, 0.1) is 0 Å². The zero-order valence-electron chi connectivity index (χ0n) is 57.8. The summed E-state index contributed by atoms with van der Waals surface area (Å²) in [6, 6.07) is -0.969. The Bertz CT molecular complexity index is 1720. The lowest BCUT2D eigenvalue weighted by atomic mass is 9.96. The Hall–Kier alpha value is -1.47. The zero-order valence-corrected chi connectivity index (χ0v) is 57.8. The topological polar surface area (TPSA) is 307 Å². The molecule has 17 atom stereocenters. The van der Waals surface area contributed by atoms with Crippen molar-refractivity contribution in [3.05, 3.63) is 12.2 Å². The Morgan fingerprint density at radius 2 is 0.674 bits per heavy atom. The van der Waals surface area contributed by atoms with Gasteiger partial charge in [-0.1, -0.05) is 302 Å². The quantitative estimate of drug-likeness (QED) is 0.0199. The third-order valence-electron chi connectivity index (χ3n) is 19.3. The number of aliphatic hydroxyl groups is 11. The number of hydrogen-bond acceptors (Lipinski definition) is 18. The van der Waals surface area contributed by atoms with Gasteiger partial charge in [-0.05, 0) is 19.3 Å². The van der Waals surface area contributed by atoms with Crippen molar-refractivity contribution in [2.24, 2.45) is 0 Å². The molecule has 0 bridgehead atoms. The summed E-state index contributed by atoms with van der Waals surface area (Å²) in [6.45, 7) is 1.79. The Labute approximate surface area is 556 Å². The summed E-state index contributed by atoms with van der Waals surface area (Å²) in [7, 11) is 0. The van der Waals surface area contributed by atoms with Crippen LogP contribution in [-0.2, 0) is 33.2 Å². The van der Waals surface area contributed by atoms with Crippen LogP contribution in [0.4, 0.5) is 0 Å². The lowest BCUT2D eigenvalue weighted by Crippen LogP contribution is -2.66. The fourth-order valence-corrected chi connectivity index (χ4v) is 13.2. The molecule has 17 unspecified atom stereocenters. The number of aliphatic hydroxyl groups excluding tert-OH is 11. The minimum Gasteiger partial charge on any atom is -0.394 e. The van der Waals surface area contributed by atoms with Crippen molar-refractivity contribution in [1.82, 2.24) is 5.32 Å². The minimum absolute atomic E-state index is 0.250. The van der Waals surface area contributed by atoms with Gasteiger partial charge in [-0.3, -0.25) is 4.79 Å². The van der Waals surface area contributed by atoms with Crippen LogP contribution in [0.15, 0.2) is 12.2 Å². The standard InChI is InChI=1S/C73H139NO18/c1-3-5-7-9-11-13-15-17-19-21-23-25-26-27-28-29-31-32-34-36-38-40-42-44-46-48-50-57(78)56(74-61(79)51-49-47-45-43-41-39-37-35-33-30-24-22-20-18-16-14-12-10-8-6-4-2)55-87-71-67(85)64(82)69(59(53-76)89-71)92-73-68(86)65(83)70(60(54-77)90-73)91-72-66(84)63(81)62(80)58(52-75)88-72/h48,50,56-60,62-73,75-78,80-86H,3-47,49,51-55H2,1-2H3,(H,74,79)/b50-48+. The molecule has 3 aliphatic rings. The number of rotatable bonds is 60. The van der Waals surface area contributed by atoms with Crippen molar-refractivity contribution in [2.45, 2.75) is 420 Å². The van der Waals surface area contributed by atoms with Gasteiger partial charge in [0.1, 0.15) is 73.2 Å². The Balaban J connectivity index is 1.41. The minimum atomic E-state index is -1.98. The summed E-state index contributed by atoms with van der Waals surface area (Å²) in [5.41, 5.74) is 0. The number of allylic oxidation sites excluding steroid dienone is 1. The van der Waals surface area contributed by atoms with Crippen LogP contribution in [0.1, 0.15) is 316 Å². The first-order valence-corrected chi connectivity index (χ1v) is 37.9. The van der Waals surface area contributed by atoms with Crippen LogP contribution < -0.4 is 5.32 Å². The molecule has 12 N–H and O–H groups in total. The number of nitrogens with one attached hydrogen (secondary N) is 1. The van der Waals surface area contributed by atoms with Gasteiger partial charge in [-0.15, -0.1) is 0 Å². The number of carbonyl (C=O) groups is 1. The first-order chi connectivity index (χ1) is 44.8. The molecule has 3 saturated heterocycles. The monoisotopic (exact) mass is 1320 g/mol. The molecule has 0 aliphatic carbocycles. The maximum absolute atomic E-state index is 13.4. The van der Waals surface area contributed by atoms with Crippen molar-refractivity contribution in [3.8, 4) is 0 Å². The van der Waals surface area contributed by atoms with Crippen LogP contribution in [0.3, 0.4) is 0 Å². The van der Waals surface area contributed by atoms with E-state index in [1.54, 1.807) is 6.08 Å². The Morgan fingerprint density at radius 1 is 0.380 bits per heavy atom. The van der Waals surface area contributed by atoms with E-state index >= 15 is 0 Å². The van der Waals surface area contributed by atoms with E-state index in [-0.39, 0.29) is 18.9 Å². The van der Waals surface area contributed by atoms with E-state index in [1.807, 2.05) is 6.08 Å². The summed E-state index contributed by atoms with van der Waals surface area (Å²) in [5, 5.41) is 121. The van der Waals surface area contributed by atoms with Crippen molar-refractivity contribution in [3.63, 3.8) is 0 Å². The highest BCUT2D eigenvalue weighted by atomic mass is 16.8. The highest BCUT2D eigenvalue weighted by molar-refractivity contribution is 5.76. The average Bonchev–Trinajstić information content (AvgIpc) is 0.856. The second-order valence-electron chi connectivity index (χ2n) is 27.5. The molecule has 3 aliphatic heterocycles. The van der Waals surface area contributed by atoms with E-state index < -0.39 is 124 Å². The lowest BCUT2D eigenvalue weighted by Gasteiger charge is -2.48. The summed E-state index contributed by atoms with van der Waals surface area (Å²) < 4.78 is 34.4. The molecule has 1 amide bonds. The van der Waals surface area contributed by atoms with Gasteiger partial charge in [-0.25, -0.2) is 0 Å². The Kier molecular flexibility index (Phi) is 51.0. The number of hydrogen-bond donors (Lipinski definition) is 12. The van der Waals surface area contributed by atoms with Gasteiger partial charge < -0.3 is 89.9 Å².